The average Bonchev–Trinajstić information content (AvgIpc) is 2.27. The maximum absolute atomic E-state index is 11.3. The molecule has 0 fully saturated rings. The first-order valence-corrected chi connectivity index (χ1v) is 4.97. The van der Waals surface area contributed by atoms with Crippen LogP contribution in [-0.4, -0.2) is 34.1 Å². The fourth-order valence-corrected chi connectivity index (χ4v) is 1.18. The number of carboxylic acids is 1. The number of aliphatic carboxylic acids is 1. The van der Waals surface area contributed by atoms with Crippen LogP contribution in [-0.2, 0) is 9.59 Å². The van der Waals surface area contributed by atoms with Crippen LogP contribution in [0.1, 0.15) is 17.1 Å². The van der Waals surface area contributed by atoms with Crippen molar-refractivity contribution in [2.75, 3.05) is 5.32 Å². The highest BCUT2D eigenvalue weighted by atomic mass is 16.4. The third-order valence-corrected chi connectivity index (χ3v) is 2.06. The minimum Gasteiger partial charge on any atom is -0.481 e. The van der Waals surface area contributed by atoms with Gasteiger partial charge in [-0.05, 0) is 17.6 Å². The van der Waals surface area contributed by atoms with Crippen molar-refractivity contribution in [1.82, 2.24) is 0 Å². The molecule has 0 unspecified atom stereocenters. The molecule has 4 N–H and O–H groups in total. The lowest BCUT2D eigenvalue weighted by Gasteiger charge is -2.05. The number of hydrogen-bond donors (Lipinski definition) is 4. The van der Waals surface area contributed by atoms with Crippen LogP contribution in [0.15, 0.2) is 24.3 Å². The van der Waals surface area contributed by atoms with Gasteiger partial charge in [-0.3, -0.25) is 9.59 Å². The van der Waals surface area contributed by atoms with Gasteiger partial charge in [0.2, 0.25) is 5.91 Å². The molecule has 1 aromatic rings. The summed E-state index contributed by atoms with van der Waals surface area (Å²) in [5.41, 5.74) is 0.790. The molecule has 1 aromatic carbocycles. The molecule has 0 radical (unpaired) electrons. The first-order valence-electron chi connectivity index (χ1n) is 4.97. The SMILES string of the molecule is O=C(O)CCC(=O)Nc1ccc(B(O)O)cc1.[HH].[HH].[HH]. The zero-order chi connectivity index (χ0) is 12.8. The van der Waals surface area contributed by atoms with Crippen molar-refractivity contribution in [3.05, 3.63) is 24.3 Å². The number of anilines is 1. The molecule has 0 aliphatic rings. The van der Waals surface area contributed by atoms with Crippen molar-refractivity contribution in [2.45, 2.75) is 12.8 Å². The van der Waals surface area contributed by atoms with E-state index < -0.39 is 19.0 Å². The lowest BCUT2D eigenvalue weighted by Crippen LogP contribution is -2.29. The summed E-state index contributed by atoms with van der Waals surface area (Å²) in [5, 5.41) is 28.6. The molecule has 0 atom stereocenters. The van der Waals surface area contributed by atoms with Gasteiger partial charge in [0, 0.05) is 16.4 Å². The molecule has 0 aliphatic carbocycles. The van der Waals surface area contributed by atoms with Crippen LogP contribution >= 0.6 is 0 Å². The second-order valence-electron chi connectivity index (χ2n) is 3.44. The number of carbonyl (C=O) groups excluding carboxylic acids is 1. The Hall–Kier alpha value is -1.86. The van der Waals surface area contributed by atoms with Crippen molar-refractivity contribution < 1.29 is 29.0 Å². The van der Waals surface area contributed by atoms with Crippen LogP contribution in [0.4, 0.5) is 5.69 Å². The van der Waals surface area contributed by atoms with E-state index in [4.69, 9.17) is 15.2 Å². The molecule has 17 heavy (non-hydrogen) atoms. The number of nitrogens with one attached hydrogen (secondary N) is 1. The van der Waals surface area contributed by atoms with Gasteiger partial charge in [-0.15, -0.1) is 0 Å². The third-order valence-electron chi connectivity index (χ3n) is 2.06. The van der Waals surface area contributed by atoms with Crippen molar-refractivity contribution in [3.8, 4) is 0 Å². The second-order valence-corrected chi connectivity index (χ2v) is 3.44. The Kier molecular flexibility index (Phi) is 4.68. The van der Waals surface area contributed by atoms with Gasteiger partial charge in [0.15, 0.2) is 0 Å². The Labute approximate surface area is 102 Å². The van der Waals surface area contributed by atoms with Crippen LogP contribution in [0.3, 0.4) is 0 Å². The summed E-state index contributed by atoms with van der Waals surface area (Å²) in [4.78, 5) is 21.5. The van der Waals surface area contributed by atoms with Gasteiger partial charge in [-0.2, -0.15) is 0 Å². The van der Waals surface area contributed by atoms with Crippen molar-refractivity contribution in [1.29, 1.82) is 0 Å². The van der Waals surface area contributed by atoms with E-state index in [2.05, 4.69) is 5.32 Å². The zero-order valence-corrected chi connectivity index (χ0v) is 8.96. The van der Waals surface area contributed by atoms with Gasteiger partial charge in [-0.1, -0.05) is 12.1 Å². The van der Waals surface area contributed by atoms with Crippen molar-refractivity contribution in [2.24, 2.45) is 0 Å². The maximum Gasteiger partial charge on any atom is 0.488 e. The zero-order valence-electron chi connectivity index (χ0n) is 8.96. The Bertz CT molecular complexity index is 416. The van der Waals surface area contributed by atoms with Gasteiger partial charge in [0.1, 0.15) is 0 Å². The van der Waals surface area contributed by atoms with Gasteiger partial charge in [0.05, 0.1) is 6.42 Å². The number of carboxylic acid groups (broad SMARTS) is 1. The Morgan fingerprint density at radius 1 is 1.18 bits per heavy atom. The average molecular weight is 243 g/mol. The van der Waals surface area contributed by atoms with E-state index in [1.54, 1.807) is 0 Å². The minimum atomic E-state index is -1.55. The molecule has 7 heteroatoms. The fourth-order valence-electron chi connectivity index (χ4n) is 1.18. The minimum absolute atomic E-state index is 0. The summed E-state index contributed by atoms with van der Waals surface area (Å²) in [5.74, 6) is -1.43. The molecule has 0 saturated carbocycles. The maximum atomic E-state index is 11.3. The van der Waals surface area contributed by atoms with E-state index in [-0.39, 0.29) is 17.1 Å². The predicted molar refractivity (Wildman–Crippen MR) is 68.1 cm³/mol. The smallest absolute Gasteiger partial charge is 0.481 e. The summed E-state index contributed by atoms with van der Waals surface area (Å²) < 4.78 is 0. The molecule has 96 valence electrons. The first kappa shape index (κ1) is 13.2. The standard InChI is InChI=1S/C10H12BNO5.3H2/c13-9(5-6-10(14)15)12-8-3-1-7(2-4-8)11(16)17;;;/h1-4,16-17H,5-6H2,(H,12,13)(H,14,15);3*1H. The highest BCUT2D eigenvalue weighted by molar-refractivity contribution is 6.58. The van der Waals surface area contributed by atoms with Gasteiger partial charge < -0.3 is 20.5 Å². The predicted octanol–water partition coefficient (Wildman–Crippen LogP) is -0.0923. The van der Waals surface area contributed by atoms with E-state index in [9.17, 15) is 9.59 Å². The highest BCUT2D eigenvalue weighted by Crippen LogP contribution is 2.05. The van der Waals surface area contributed by atoms with E-state index in [0.29, 0.717) is 11.2 Å². The lowest BCUT2D eigenvalue weighted by molar-refractivity contribution is -0.138. The van der Waals surface area contributed by atoms with Crippen molar-refractivity contribution in [3.63, 3.8) is 0 Å². The number of rotatable bonds is 5. The summed E-state index contributed by atoms with van der Waals surface area (Å²) >= 11 is 0. The fraction of sp³-hybridized carbons (Fsp3) is 0.200. The lowest BCUT2D eigenvalue weighted by atomic mass is 9.80. The summed E-state index contributed by atoms with van der Waals surface area (Å²) in [6.45, 7) is 0. The van der Waals surface area contributed by atoms with Crippen LogP contribution in [0.2, 0.25) is 0 Å². The molecule has 6 nitrogen and oxygen atoms in total. The summed E-state index contributed by atoms with van der Waals surface area (Å²) in [6.07, 6.45) is -0.320. The van der Waals surface area contributed by atoms with Crippen LogP contribution in [0.25, 0.3) is 0 Å². The molecule has 0 aromatic heterocycles. The number of benzene rings is 1. The highest BCUT2D eigenvalue weighted by Gasteiger charge is 2.10. The second kappa shape index (κ2) is 6.02. The largest absolute Gasteiger partial charge is 0.488 e. The van der Waals surface area contributed by atoms with E-state index in [1.165, 1.54) is 24.3 Å². The quantitative estimate of drug-likeness (QED) is 0.540. The molecule has 1 amide bonds. The van der Waals surface area contributed by atoms with E-state index in [0.717, 1.165) is 0 Å². The van der Waals surface area contributed by atoms with E-state index >= 15 is 0 Å². The molecular weight excluding hydrogens is 225 g/mol. The number of carbonyl (C=O) groups is 2. The number of amides is 1. The molecule has 0 aliphatic heterocycles. The van der Waals surface area contributed by atoms with E-state index in [1.807, 2.05) is 0 Å². The van der Waals surface area contributed by atoms with Crippen LogP contribution in [0.5, 0.6) is 0 Å². The Balaban J connectivity index is -0.000000963. The normalized spacial score (nSPS) is 9.76. The summed E-state index contributed by atoms with van der Waals surface area (Å²) in [6, 6.07) is 5.93. The van der Waals surface area contributed by atoms with Gasteiger partial charge >= 0.3 is 13.1 Å². The third kappa shape index (κ3) is 4.67. The molecule has 0 heterocycles. The van der Waals surface area contributed by atoms with Crippen LogP contribution < -0.4 is 10.8 Å². The summed E-state index contributed by atoms with van der Waals surface area (Å²) in [7, 11) is -1.55. The molecule has 0 bridgehead atoms. The van der Waals surface area contributed by atoms with Gasteiger partial charge in [-0.25, -0.2) is 0 Å². The number of hydrogen-bond acceptors (Lipinski definition) is 4. The molecule has 1 rings (SSSR count). The molecule has 0 spiro atoms. The topological polar surface area (TPSA) is 107 Å². The van der Waals surface area contributed by atoms with Gasteiger partial charge in [0.25, 0.3) is 0 Å². The Morgan fingerprint density at radius 3 is 2.24 bits per heavy atom. The monoisotopic (exact) mass is 243 g/mol. The molecular formula is C10H18BNO5. The molecule has 0 saturated heterocycles. The van der Waals surface area contributed by atoms with Crippen LogP contribution in [0, 0.1) is 0 Å². The van der Waals surface area contributed by atoms with Crippen molar-refractivity contribution >= 4 is 30.1 Å². The Morgan fingerprint density at radius 2 is 1.76 bits per heavy atom. The first-order chi connectivity index (χ1) is 7.99.